The lowest BCUT2D eigenvalue weighted by molar-refractivity contribution is 0.277. The normalized spacial score (nSPS) is 11.0. The number of benzene rings is 1. The summed E-state index contributed by atoms with van der Waals surface area (Å²) in [6.45, 7) is 2.71. The second-order valence-electron chi connectivity index (χ2n) is 4.74. The predicted molar refractivity (Wildman–Crippen MR) is 85.0 cm³/mol. The zero-order valence-electron chi connectivity index (χ0n) is 11.4. The molecule has 2 rings (SSSR count). The number of imidazole rings is 1. The standard InChI is InChI=1S/C15H18BrClN2O/c1-2-3-4-14-18-13(10-20)15(17)19(14)9-11-5-7-12(16)8-6-11/h5-8,20H,2-4,9-10H2,1H3. The summed E-state index contributed by atoms with van der Waals surface area (Å²) in [6.07, 6.45) is 3.06. The van der Waals surface area contributed by atoms with Gasteiger partial charge in [-0.1, -0.05) is 53.0 Å². The summed E-state index contributed by atoms with van der Waals surface area (Å²) in [7, 11) is 0. The van der Waals surface area contributed by atoms with Crippen molar-refractivity contribution >= 4 is 27.5 Å². The summed E-state index contributed by atoms with van der Waals surface area (Å²) < 4.78 is 3.05. The average Bonchev–Trinajstić information content (AvgIpc) is 2.75. The van der Waals surface area contributed by atoms with Crippen LogP contribution in [0.2, 0.25) is 5.15 Å². The third-order valence-corrected chi connectivity index (χ3v) is 4.16. The zero-order valence-corrected chi connectivity index (χ0v) is 13.8. The van der Waals surface area contributed by atoms with Crippen LogP contribution in [0.4, 0.5) is 0 Å². The predicted octanol–water partition coefficient (Wildman–Crippen LogP) is 4.18. The Balaban J connectivity index is 2.28. The highest BCUT2D eigenvalue weighted by molar-refractivity contribution is 9.10. The van der Waals surface area contributed by atoms with Gasteiger partial charge in [0, 0.05) is 10.9 Å². The van der Waals surface area contributed by atoms with Crippen molar-refractivity contribution in [2.45, 2.75) is 39.3 Å². The molecule has 0 spiro atoms. The maximum atomic E-state index is 9.32. The molecule has 1 heterocycles. The molecule has 0 aliphatic rings. The molecule has 0 atom stereocenters. The number of aromatic nitrogens is 2. The molecule has 0 fully saturated rings. The summed E-state index contributed by atoms with van der Waals surface area (Å²) in [6, 6.07) is 8.14. The molecule has 1 N–H and O–H groups in total. The van der Waals surface area contributed by atoms with Gasteiger partial charge in [0.25, 0.3) is 0 Å². The van der Waals surface area contributed by atoms with Crippen molar-refractivity contribution in [3.8, 4) is 0 Å². The fraction of sp³-hybridized carbons (Fsp3) is 0.400. The number of aliphatic hydroxyl groups excluding tert-OH is 1. The Bertz CT molecular complexity index is 566. The van der Waals surface area contributed by atoms with Crippen molar-refractivity contribution in [2.75, 3.05) is 0 Å². The topological polar surface area (TPSA) is 38.1 Å². The van der Waals surface area contributed by atoms with Crippen molar-refractivity contribution in [1.29, 1.82) is 0 Å². The second-order valence-corrected chi connectivity index (χ2v) is 6.01. The summed E-state index contributed by atoms with van der Waals surface area (Å²) >= 11 is 9.75. The molecule has 0 bridgehead atoms. The molecular weight excluding hydrogens is 340 g/mol. The molecule has 5 heteroatoms. The van der Waals surface area contributed by atoms with E-state index >= 15 is 0 Å². The SMILES string of the molecule is CCCCc1nc(CO)c(Cl)n1Cc1ccc(Br)cc1. The summed E-state index contributed by atoms with van der Waals surface area (Å²) in [5.41, 5.74) is 1.73. The van der Waals surface area contributed by atoms with Crippen molar-refractivity contribution in [3.05, 3.63) is 51.0 Å². The Morgan fingerprint density at radius 1 is 1.30 bits per heavy atom. The molecule has 108 valence electrons. The Labute approximate surface area is 132 Å². The van der Waals surface area contributed by atoms with E-state index in [4.69, 9.17) is 11.6 Å². The average molecular weight is 358 g/mol. The Hall–Kier alpha value is -0.840. The number of hydrogen-bond acceptors (Lipinski definition) is 2. The van der Waals surface area contributed by atoms with Crippen LogP contribution in [0.1, 0.15) is 36.8 Å². The Morgan fingerprint density at radius 3 is 2.60 bits per heavy atom. The first-order valence-electron chi connectivity index (χ1n) is 6.74. The molecule has 20 heavy (non-hydrogen) atoms. The maximum Gasteiger partial charge on any atom is 0.134 e. The lowest BCUT2D eigenvalue weighted by Gasteiger charge is -2.09. The number of aryl methyl sites for hydroxylation is 1. The third kappa shape index (κ3) is 3.62. The molecule has 0 radical (unpaired) electrons. The largest absolute Gasteiger partial charge is 0.390 e. The van der Waals surface area contributed by atoms with Gasteiger partial charge in [0.2, 0.25) is 0 Å². The molecule has 0 saturated heterocycles. The van der Waals surface area contributed by atoms with Gasteiger partial charge in [-0.2, -0.15) is 0 Å². The fourth-order valence-electron chi connectivity index (χ4n) is 2.09. The van der Waals surface area contributed by atoms with Gasteiger partial charge < -0.3 is 9.67 Å². The highest BCUT2D eigenvalue weighted by atomic mass is 79.9. The number of hydrogen-bond donors (Lipinski definition) is 1. The van der Waals surface area contributed by atoms with Crippen LogP contribution in [0.15, 0.2) is 28.7 Å². The van der Waals surface area contributed by atoms with E-state index in [1.807, 2.05) is 16.7 Å². The van der Waals surface area contributed by atoms with Crippen molar-refractivity contribution in [1.82, 2.24) is 9.55 Å². The molecule has 0 aliphatic heterocycles. The molecule has 2 aromatic rings. The minimum absolute atomic E-state index is 0.120. The number of aliphatic hydroxyl groups is 1. The van der Waals surface area contributed by atoms with Gasteiger partial charge in [0.05, 0.1) is 13.2 Å². The molecular formula is C15H18BrClN2O. The quantitative estimate of drug-likeness (QED) is 0.842. The minimum Gasteiger partial charge on any atom is -0.390 e. The molecule has 0 unspecified atom stereocenters. The number of rotatable bonds is 6. The summed E-state index contributed by atoms with van der Waals surface area (Å²) in [4.78, 5) is 4.45. The maximum absolute atomic E-state index is 9.32. The smallest absolute Gasteiger partial charge is 0.134 e. The van der Waals surface area contributed by atoms with Crippen molar-refractivity contribution in [3.63, 3.8) is 0 Å². The third-order valence-electron chi connectivity index (χ3n) is 3.21. The molecule has 1 aromatic carbocycles. The lowest BCUT2D eigenvalue weighted by atomic mass is 10.2. The zero-order chi connectivity index (χ0) is 14.5. The van der Waals surface area contributed by atoms with Gasteiger partial charge in [-0.15, -0.1) is 0 Å². The van der Waals surface area contributed by atoms with Gasteiger partial charge in [0.15, 0.2) is 0 Å². The van der Waals surface area contributed by atoms with E-state index < -0.39 is 0 Å². The van der Waals surface area contributed by atoms with Gasteiger partial charge >= 0.3 is 0 Å². The van der Waals surface area contributed by atoms with Crippen LogP contribution in [-0.4, -0.2) is 14.7 Å². The molecule has 0 amide bonds. The van der Waals surface area contributed by atoms with Gasteiger partial charge in [-0.25, -0.2) is 4.98 Å². The van der Waals surface area contributed by atoms with Crippen LogP contribution in [0, 0.1) is 0 Å². The molecule has 1 aromatic heterocycles. The van der Waals surface area contributed by atoms with Crippen LogP contribution in [0.5, 0.6) is 0 Å². The van der Waals surface area contributed by atoms with Crippen LogP contribution < -0.4 is 0 Å². The van der Waals surface area contributed by atoms with Crippen molar-refractivity contribution in [2.24, 2.45) is 0 Å². The molecule has 0 aliphatic carbocycles. The first kappa shape index (κ1) is 15.5. The van der Waals surface area contributed by atoms with E-state index in [0.29, 0.717) is 17.4 Å². The monoisotopic (exact) mass is 356 g/mol. The van der Waals surface area contributed by atoms with Crippen LogP contribution in [-0.2, 0) is 19.6 Å². The van der Waals surface area contributed by atoms with Gasteiger partial charge in [0.1, 0.15) is 16.7 Å². The van der Waals surface area contributed by atoms with E-state index in [2.05, 4.69) is 40.0 Å². The van der Waals surface area contributed by atoms with E-state index in [-0.39, 0.29) is 6.61 Å². The molecule has 3 nitrogen and oxygen atoms in total. The van der Waals surface area contributed by atoms with E-state index in [1.165, 1.54) is 0 Å². The van der Waals surface area contributed by atoms with Crippen LogP contribution >= 0.6 is 27.5 Å². The Kier molecular flexibility index (Phi) is 5.64. The lowest BCUT2D eigenvalue weighted by Crippen LogP contribution is -2.05. The first-order valence-corrected chi connectivity index (χ1v) is 7.91. The minimum atomic E-state index is -0.120. The fourth-order valence-corrected chi connectivity index (χ4v) is 2.61. The summed E-state index contributed by atoms with van der Waals surface area (Å²) in [5, 5.41) is 9.86. The Morgan fingerprint density at radius 2 is 2.00 bits per heavy atom. The first-order chi connectivity index (χ1) is 9.65. The van der Waals surface area contributed by atoms with Crippen LogP contribution in [0.25, 0.3) is 0 Å². The highest BCUT2D eigenvalue weighted by Gasteiger charge is 2.14. The van der Waals surface area contributed by atoms with E-state index in [9.17, 15) is 5.11 Å². The van der Waals surface area contributed by atoms with E-state index in [1.54, 1.807) is 0 Å². The highest BCUT2D eigenvalue weighted by Crippen LogP contribution is 2.22. The van der Waals surface area contributed by atoms with Crippen molar-refractivity contribution < 1.29 is 5.11 Å². The van der Waals surface area contributed by atoms with Gasteiger partial charge in [-0.05, 0) is 24.1 Å². The number of halogens is 2. The van der Waals surface area contributed by atoms with Gasteiger partial charge in [-0.3, -0.25) is 0 Å². The van der Waals surface area contributed by atoms with E-state index in [0.717, 1.165) is 35.1 Å². The summed E-state index contributed by atoms with van der Waals surface area (Å²) in [5.74, 6) is 0.948. The second kappa shape index (κ2) is 7.25. The number of nitrogens with zero attached hydrogens (tertiary/aromatic N) is 2. The molecule has 0 saturated carbocycles. The number of unbranched alkanes of at least 4 members (excludes halogenated alkanes) is 1. The van der Waals surface area contributed by atoms with Crippen LogP contribution in [0.3, 0.4) is 0 Å².